The molecule has 0 bridgehead atoms. The van der Waals surface area contributed by atoms with Crippen molar-refractivity contribution in [1.29, 1.82) is 0 Å². The number of nitrogens with two attached hydrogens (primary N) is 1. The van der Waals surface area contributed by atoms with Gasteiger partial charge in [0.15, 0.2) is 12.5 Å². The van der Waals surface area contributed by atoms with Gasteiger partial charge in [0.25, 0.3) is 0 Å². The monoisotopic (exact) mass is 416 g/mol. The Balaban J connectivity index is 2.12. The standard InChI is InChI=1S/C15H20N4O10/c16-8(12(25)18-6(14(26)27)1-2-7(21)22)11-9(23)10(24)13(29-11)19-3-5(4-20)17-15(19)28/h3-4,6,8-11,13,23-24H,1-2,16H2,(H,17,28)(H,18,25)(H,21,22)(H,26,27). The summed E-state index contributed by atoms with van der Waals surface area (Å²) in [5, 5.41) is 40.1. The average Bonchev–Trinajstić information content (AvgIpc) is 3.17. The molecule has 0 aromatic carbocycles. The van der Waals surface area contributed by atoms with Crippen LogP contribution in [0.4, 0.5) is 0 Å². The number of aliphatic carboxylic acids is 2. The van der Waals surface area contributed by atoms with Gasteiger partial charge in [-0.2, -0.15) is 0 Å². The van der Waals surface area contributed by atoms with Crippen LogP contribution >= 0.6 is 0 Å². The lowest BCUT2D eigenvalue weighted by Crippen LogP contribution is -2.55. The lowest BCUT2D eigenvalue weighted by molar-refractivity contribution is -0.144. The average molecular weight is 416 g/mol. The fourth-order valence-electron chi connectivity index (χ4n) is 2.83. The van der Waals surface area contributed by atoms with Crippen molar-refractivity contribution in [2.45, 2.75) is 49.5 Å². The number of carboxylic acid groups (broad SMARTS) is 2. The Morgan fingerprint density at radius 1 is 1.31 bits per heavy atom. The van der Waals surface area contributed by atoms with Crippen molar-refractivity contribution < 1.29 is 44.3 Å². The van der Waals surface area contributed by atoms with Gasteiger partial charge < -0.3 is 41.2 Å². The Bertz CT molecular complexity index is 848. The van der Waals surface area contributed by atoms with Gasteiger partial charge in [-0.1, -0.05) is 0 Å². The molecule has 1 amide bonds. The van der Waals surface area contributed by atoms with Crippen LogP contribution in [0, 0.1) is 0 Å². The lowest BCUT2D eigenvalue weighted by atomic mass is 10.0. The molecule has 1 aromatic heterocycles. The Hall–Kier alpha value is -3.07. The van der Waals surface area contributed by atoms with Crippen LogP contribution in [0.15, 0.2) is 11.0 Å². The second-order valence-corrected chi connectivity index (χ2v) is 6.37. The lowest BCUT2D eigenvalue weighted by Gasteiger charge is -2.23. The van der Waals surface area contributed by atoms with Gasteiger partial charge in [0.1, 0.15) is 30.4 Å². The van der Waals surface area contributed by atoms with Crippen LogP contribution in [-0.2, 0) is 19.1 Å². The molecule has 29 heavy (non-hydrogen) atoms. The number of nitrogens with one attached hydrogen (secondary N) is 2. The zero-order chi connectivity index (χ0) is 21.9. The molecule has 6 unspecified atom stereocenters. The molecule has 6 atom stereocenters. The first kappa shape index (κ1) is 22.2. The van der Waals surface area contributed by atoms with Crippen molar-refractivity contribution >= 4 is 24.1 Å². The summed E-state index contributed by atoms with van der Waals surface area (Å²) in [6, 6.07) is -3.21. The number of hydrogen-bond acceptors (Lipinski definition) is 9. The molecule has 0 spiro atoms. The minimum Gasteiger partial charge on any atom is -0.481 e. The van der Waals surface area contributed by atoms with E-state index in [-0.39, 0.29) is 5.69 Å². The maximum absolute atomic E-state index is 12.3. The molecular weight excluding hydrogens is 396 g/mol. The van der Waals surface area contributed by atoms with Gasteiger partial charge in [0.2, 0.25) is 5.91 Å². The number of aldehydes is 1. The summed E-state index contributed by atoms with van der Waals surface area (Å²) < 4.78 is 6.13. The van der Waals surface area contributed by atoms with Crippen molar-refractivity contribution in [2.24, 2.45) is 5.73 Å². The van der Waals surface area contributed by atoms with Crippen molar-refractivity contribution in [3.05, 3.63) is 22.4 Å². The number of carbonyl (C=O) groups is 4. The predicted molar refractivity (Wildman–Crippen MR) is 90.8 cm³/mol. The summed E-state index contributed by atoms with van der Waals surface area (Å²) in [5.41, 5.74) is 4.79. The van der Waals surface area contributed by atoms with Crippen LogP contribution in [0.3, 0.4) is 0 Å². The number of hydrogen-bond donors (Lipinski definition) is 7. The van der Waals surface area contributed by atoms with Crippen LogP contribution in [0.1, 0.15) is 29.6 Å². The van der Waals surface area contributed by atoms with E-state index in [0.29, 0.717) is 6.29 Å². The van der Waals surface area contributed by atoms with E-state index in [9.17, 15) is 34.2 Å². The minimum atomic E-state index is -1.72. The number of carbonyl (C=O) groups excluding carboxylic acids is 2. The highest BCUT2D eigenvalue weighted by Crippen LogP contribution is 2.30. The SMILES string of the molecule is NC(C(=O)NC(CCC(=O)O)C(=O)O)C1OC(n2cc(C=O)[nH]c2=O)C(O)C1O. The number of imidazole rings is 1. The summed E-state index contributed by atoms with van der Waals surface area (Å²) in [6.45, 7) is 0. The summed E-state index contributed by atoms with van der Waals surface area (Å²) in [4.78, 5) is 58.8. The normalized spacial score (nSPS) is 25.9. The highest BCUT2D eigenvalue weighted by molar-refractivity contribution is 5.87. The quantitative estimate of drug-likeness (QED) is 0.194. The molecule has 0 radical (unpaired) electrons. The Labute approximate surface area is 161 Å². The number of carboxylic acids is 2. The fraction of sp³-hybridized carbons (Fsp3) is 0.533. The first-order valence-electron chi connectivity index (χ1n) is 8.35. The summed E-state index contributed by atoms with van der Waals surface area (Å²) in [7, 11) is 0. The first-order chi connectivity index (χ1) is 13.6. The molecule has 14 heteroatoms. The molecule has 0 saturated carbocycles. The van der Waals surface area contributed by atoms with E-state index < -0.39 is 73.0 Å². The van der Waals surface area contributed by atoms with Crippen molar-refractivity contribution in [3.63, 3.8) is 0 Å². The van der Waals surface area contributed by atoms with E-state index in [0.717, 1.165) is 10.8 Å². The summed E-state index contributed by atoms with van der Waals surface area (Å²) >= 11 is 0. The smallest absolute Gasteiger partial charge is 0.328 e. The zero-order valence-corrected chi connectivity index (χ0v) is 14.8. The van der Waals surface area contributed by atoms with Crippen LogP contribution in [-0.4, -0.2) is 84.5 Å². The molecule has 160 valence electrons. The van der Waals surface area contributed by atoms with E-state index in [4.69, 9.17) is 20.7 Å². The third-order valence-electron chi connectivity index (χ3n) is 4.36. The Kier molecular flexibility index (Phi) is 6.86. The van der Waals surface area contributed by atoms with Gasteiger partial charge in [0, 0.05) is 12.6 Å². The second-order valence-electron chi connectivity index (χ2n) is 6.37. The van der Waals surface area contributed by atoms with Crippen LogP contribution in [0.2, 0.25) is 0 Å². The highest BCUT2D eigenvalue weighted by atomic mass is 16.6. The molecule has 8 N–H and O–H groups in total. The number of aromatic amines is 1. The van der Waals surface area contributed by atoms with Crippen LogP contribution < -0.4 is 16.7 Å². The maximum Gasteiger partial charge on any atom is 0.328 e. The number of nitrogens with zero attached hydrogens (tertiary/aromatic N) is 1. The third-order valence-corrected chi connectivity index (χ3v) is 4.36. The molecular formula is C15H20N4O10. The molecule has 14 nitrogen and oxygen atoms in total. The maximum atomic E-state index is 12.3. The summed E-state index contributed by atoms with van der Waals surface area (Å²) in [5.74, 6) is -3.82. The van der Waals surface area contributed by atoms with Crippen LogP contribution in [0.5, 0.6) is 0 Å². The predicted octanol–water partition coefficient (Wildman–Crippen LogP) is -3.63. The van der Waals surface area contributed by atoms with E-state index in [1.165, 1.54) is 0 Å². The van der Waals surface area contributed by atoms with E-state index in [2.05, 4.69) is 4.98 Å². The van der Waals surface area contributed by atoms with Crippen LogP contribution in [0.25, 0.3) is 0 Å². The van der Waals surface area contributed by atoms with Gasteiger partial charge in [-0.25, -0.2) is 9.59 Å². The number of aliphatic hydroxyl groups excluding tert-OH is 2. The number of rotatable bonds is 9. The van der Waals surface area contributed by atoms with Gasteiger partial charge in [-0.05, 0) is 6.42 Å². The molecule has 1 aliphatic rings. The number of aliphatic hydroxyl groups is 2. The van der Waals surface area contributed by atoms with E-state index >= 15 is 0 Å². The molecule has 1 saturated heterocycles. The third kappa shape index (κ3) is 4.86. The largest absolute Gasteiger partial charge is 0.481 e. The molecule has 1 fully saturated rings. The van der Waals surface area contributed by atoms with Gasteiger partial charge in [0.05, 0.1) is 5.69 Å². The second kappa shape index (κ2) is 8.95. The molecule has 2 heterocycles. The Morgan fingerprint density at radius 2 is 1.97 bits per heavy atom. The van der Waals surface area contributed by atoms with Crippen molar-refractivity contribution in [1.82, 2.24) is 14.9 Å². The van der Waals surface area contributed by atoms with Crippen molar-refractivity contribution in [3.8, 4) is 0 Å². The first-order valence-corrected chi connectivity index (χ1v) is 8.35. The topological polar surface area (TPSA) is 234 Å². The number of amides is 1. The number of ether oxygens (including phenoxy) is 1. The van der Waals surface area contributed by atoms with Gasteiger partial charge in [-0.3, -0.25) is 19.0 Å². The fourth-order valence-corrected chi connectivity index (χ4v) is 2.83. The molecule has 1 aromatic rings. The number of aromatic nitrogens is 2. The zero-order valence-electron chi connectivity index (χ0n) is 14.8. The number of H-pyrrole nitrogens is 1. The van der Waals surface area contributed by atoms with Gasteiger partial charge in [-0.15, -0.1) is 0 Å². The van der Waals surface area contributed by atoms with E-state index in [1.54, 1.807) is 0 Å². The molecule has 1 aliphatic heterocycles. The molecule has 2 rings (SSSR count). The Morgan fingerprint density at radius 3 is 2.48 bits per heavy atom. The van der Waals surface area contributed by atoms with E-state index in [1.807, 2.05) is 5.32 Å². The van der Waals surface area contributed by atoms with Crippen molar-refractivity contribution in [2.75, 3.05) is 0 Å². The minimum absolute atomic E-state index is 0.117. The highest BCUT2D eigenvalue weighted by Gasteiger charge is 2.48. The summed E-state index contributed by atoms with van der Waals surface area (Å²) in [6.07, 6.45) is -5.94. The molecule has 0 aliphatic carbocycles. The van der Waals surface area contributed by atoms with Gasteiger partial charge >= 0.3 is 17.6 Å².